The highest BCUT2D eigenvalue weighted by Gasteiger charge is 2.17. The molecule has 1 unspecified atom stereocenters. The maximum absolute atomic E-state index is 11.9. The summed E-state index contributed by atoms with van der Waals surface area (Å²) in [6.07, 6.45) is 3.05. The summed E-state index contributed by atoms with van der Waals surface area (Å²) in [4.78, 5) is 18.1. The van der Waals surface area contributed by atoms with Gasteiger partial charge >= 0.3 is 0 Å². The second kappa shape index (κ2) is 8.01. The second-order valence-corrected chi connectivity index (χ2v) is 5.72. The van der Waals surface area contributed by atoms with Crippen LogP contribution in [0.2, 0.25) is 0 Å². The van der Waals surface area contributed by atoms with E-state index in [9.17, 15) is 4.79 Å². The minimum absolute atomic E-state index is 0.212. The molecule has 114 valence electrons. The Labute approximate surface area is 120 Å². The average Bonchev–Trinajstić information content (AvgIpc) is 2.83. The van der Waals surface area contributed by atoms with Gasteiger partial charge in [0, 0.05) is 6.54 Å². The number of nitrogens with two attached hydrogens (primary N) is 1. The Morgan fingerprint density at radius 3 is 2.80 bits per heavy atom. The smallest absolute Gasteiger partial charge is 0.273 e. The van der Waals surface area contributed by atoms with E-state index < -0.39 is 0 Å². The molecule has 0 radical (unpaired) electrons. The lowest BCUT2D eigenvalue weighted by Gasteiger charge is -2.09. The first-order valence-electron chi connectivity index (χ1n) is 7.04. The minimum Gasteiger partial charge on any atom is -0.446 e. The van der Waals surface area contributed by atoms with E-state index in [0.29, 0.717) is 24.0 Å². The molecule has 0 aliphatic carbocycles. The predicted octanol–water partition coefficient (Wildman–Crippen LogP) is 1.40. The third kappa shape index (κ3) is 5.71. The molecule has 0 aliphatic rings. The first kappa shape index (κ1) is 16.7. The standard InChI is InChI=1S/C14H26N4O2/c1-10(2)8-11(15)14-17-12(9-20-14)13(19)16-6-5-7-18(3)4/h9-11H,5-8,15H2,1-4H3,(H,16,19). The molecule has 6 nitrogen and oxygen atoms in total. The van der Waals surface area contributed by atoms with Crippen molar-refractivity contribution in [2.75, 3.05) is 27.2 Å². The summed E-state index contributed by atoms with van der Waals surface area (Å²) in [5, 5.41) is 2.82. The zero-order valence-corrected chi connectivity index (χ0v) is 12.8. The number of nitrogens with one attached hydrogen (secondary N) is 1. The molecule has 1 rings (SSSR count). The molecular formula is C14H26N4O2. The van der Waals surface area contributed by atoms with Gasteiger partial charge in [-0.2, -0.15) is 0 Å². The van der Waals surface area contributed by atoms with Gasteiger partial charge in [-0.3, -0.25) is 4.79 Å². The van der Waals surface area contributed by atoms with Gasteiger partial charge in [0.2, 0.25) is 5.89 Å². The maximum atomic E-state index is 11.9. The molecule has 1 aromatic heterocycles. The van der Waals surface area contributed by atoms with Crippen LogP contribution in [0.5, 0.6) is 0 Å². The molecule has 0 aliphatic heterocycles. The number of hydrogen-bond acceptors (Lipinski definition) is 5. The highest BCUT2D eigenvalue weighted by Crippen LogP contribution is 2.17. The fraction of sp³-hybridized carbons (Fsp3) is 0.714. The number of carbonyl (C=O) groups is 1. The SMILES string of the molecule is CC(C)CC(N)c1nc(C(=O)NCCCN(C)C)co1. The van der Waals surface area contributed by atoms with Crippen LogP contribution in [0.1, 0.15) is 49.1 Å². The normalized spacial score (nSPS) is 12.9. The Morgan fingerprint density at radius 1 is 1.50 bits per heavy atom. The van der Waals surface area contributed by atoms with Crippen molar-refractivity contribution < 1.29 is 9.21 Å². The lowest BCUT2D eigenvalue weighted by molar-refractivity contribution is 0.0947. The second-order valence-electron chi connectivity index (χ2n) is 5.72. The molecule has 0 aromatic carbocycles. The van der Waals surface area contributed by atoms with E-state index in [1.807, 2.05) is 14.1 Å². The monoisotopic (exact) mass is 282 g/mol. The molecule has 1 atom stereocenters. The van der Waals surface area contributed by atoms with E-state index in [-0.39, 0.29) is 11.9 Å². The van der Waals surface area contributed by atoms with Crippen LogP contribution in [0.15, 0.2) is 10.7 Å². The predicted molar refractivity (Wildman–Crippen MR) is 78.4 cm³/mol. The van der Waals surface area contributed by atoms with Gasteiger partial charge in [0.1, 0.15) is 6.26 Å². The van der Waals surface area contributed by atoms with Crippen LogP contribution < -0.4 is 11.1 Å². The Kier molecular flexibility index (Phi) is 6.67. The molecule has 1 amide bonds. The van der Waals surface area contributed by atoms with Crippen LogP contribution in [0.25, 0.3) is 0 Å². The third-order valence-corrected chi connectivity index (χ3v) is 2.86. The first-order chi connectivity index (χ1) is 9.40. The van der Waals surface area contributed by atoms with E-state index in [1.165, 1.54) is 6.26 Å². The van der Waals surface area contributed by atoms with E-state index >= 15 is 0 Å². The zero-order chi connectivity index (χ0) is 15.1. The Morgan fingerprint density at radius 2 is 2.20 bits per heavy atom. The molecular weight excluding hydrogens is 256 g/mol. The molecule has 20 heavy (non-hydrogen) atoms. The van der Waals surface area contributed by atoms with E-state index in [1.54, 1.807) is 0 Å². The Bertz CT molecular complexity index is 415. The van der Waals surface area contributed by atoms with Gasteiger partial charge in [0.05, 0.1) is 6.04 Å². The van der Waals surface area contributed by atoms with Crippen LogP contribution in [0.3, 0.4) is 0 Å². The van der Waals surface area contributed by atoms with Crippen molar-refractivity contribution >= 4 is 5.91 Å². The molecule has 6 heteroatoms. The number of nitrogens with zero attached hydrogens (tertiary/aromatic N) is 2. The van der Waals surface area contributed by atoms with Gasteiger partial charge < -0.3 is 20.4 Å². The van der Waals surface area contributed by atoms with E-state index in [0.717, 1.165) is 19.4 Å². The number of rotatable bonds is 8. The van der Waals surface area contributed by atoms with Gasteiger partial charge in [-0.05, 0) is 39.4 Å². The molecule has 0 saturated carbocycles. The van der Waals surface area contributed by atoms with Gasteiger partial charge in [0.15, 0.2) is 5.69 Å². The average molecular weight is 282 g/mol. The first-order valence-corrected chi connectivity index (χ1v) is 7.04. The maximum Gasteiger partial charge on any atom is 0.273 e. The van der Waals surface area contributed by atoms with Crippen molar-refractivity contribution in [1.82, 2.24) is 15.2 Å². The topological polar surface area (TPSA) is 84.4 Å². The summed E-state index contributed by atoms with van der Waals surface area (Å²) in [5.41, 5.74) is 6.27. The summed E-state index contributed by atoms with van der Waals surface area (Å²) in [6, 6.07) is -0.259. The Balaban J connectivity index is 2.43. The molecule has 0 fully saturated rings. The van der Waals surface area contributed by atoms with Crippen molar-refractivity contribution in [2.24, 2.45) is 11.7 Å². The van der Waals surface area contributed by atoms with Crippen molar-refractivity contribution in [3.05, 3.63) is 17.8 Å². The summed E-state index contributed by atoms with van der Waals surface area (Å²) >= 11 is 0. The number of aromatic nitrogens is 1. The zero-order valence-electron chi connectivity index (χ0n) is 12.8. The summed E-state index contributed by atoms with van der Waals surface area (Å²) in [5.74, 6) is 0.674. The quantitative estimate of drug-likeness (QED) is 0.704. The molecule has 0 spiro atoms. The lowest BCUT2D eigenvalue weighted by Crippen LogP contribution is -2.27. The third-order valence-electron chi connectivity index (χ3n) is 2.86. The molecule has 1 aromatic rings. The molecule has 1 heterocycles. The highest BCUT2D eigenvalue weighted by molar-refractivity contribution is 5.91. The van der Waals surface area contributed by atoms with Gasteiger partial charge in [-0.1, -0.05) is 13.8 Å². The van der Waals surface area contributed by atoms with Crippen molar-refractivity contribution in [3.63, 3.8) is 0 Å². The van der Waals surface area contributed by atoms with E-state index in [2.05, 4.69) is 29.0 Å². The van der Waals surface area contributed by atoms with Gasteiger partial charge in [0.25, 0.3) is 5.91 Å². The highest BCUT2D eigenvalue weighted by atomic mass is 16.3. The summed E-state index contributed by atoms with van der Waals surface area (Å²) < 4.78 is 5.29. The van der Waals surface area contributed by atoms with Crippen molar-refractivity contribution in [2.45, 2.75) is 32.7 Å². The number of hydrogen-bond donors (Lipinski definition) is 2. The van der Waals surface area contributed by atoms with Crippen LogP contribution >= 0.6 is 0 Å². The molecule has 0 bridgehead atoms. The number of amides is 1. The fourth-order valence-electron chi connectivity index (χ4n) is 1.86. The van der Waals surface area contributed by atoms with Crippen LogP contribution in [0.4, 0.5) is 0 Å². The van der Waals surface area contributed by atoms with Crippen molar-refractivity contribution in [3.8, 4) is 0 Å². The largest absolute Gasteiger partial charge is 0.446 e. The van der Waals surface area contributed by atoms with Gasteiger partial charge in [-0.25, -0.2) is 4.98 Å². The summed E-state index contributed by atoms with van der Waals surface area (Å²) in [6.45, 7) is 5.73. The van der Waals surface area contributed by atoms with Gasteiger partial charge in [-0.15, -0.1) is 0 Å². The van der Waals surface area contributed by atoms with Crippen LogP contribution in [0, 0.1) is 5.92 Å². The van der Waals surface area contributed by atoms with Crippen molar-refractivity contribution in [1.29, 1.82) is 0 Å². The minimum atomic E-state index is -0.259. The Hall–Kier alpha value is -1.40. The number of carbonyl (C=O) groups excluding carboxylic acids is 1. The lowest BCUT2D eigenvalue weighted by atomic mass is 10.0. The molecule has 0 saturated heterocycles. The van der Waals surface area contributed by atoms with E-state index in [4.69, 9.17) is 10.2 Å². The van der Waals surface area contributed by atoms with Crippen LogP contribution in [-0.2, 0) is 0 Å². The number of oxazole rings is 1. The summed E-state index contributed by atoms with van der Waals surface area (Å²) in [7, 11) is 4.00. The van der Waals surface area contributed by atoms with Crippen LogP contribution in [-0.4, -0.2) is 43.0 Å². The molecule has 3 N–H and O–H groups in total. The fourth-order valence-corrected chi connectivity index (χ4v) is 1.86.